The first-order valence-electron chi connectivity index (χ1n) is 8.30. The first-order valence-corrected chi connectivity index (χ1v) is 9.10. The number of carbonyl (C=O) groups is 1. The van der Waals surface area contributed by atoms with Crippen molar-refractivity contribution in [2.24, 2.45) is 0 Å². The molecule has 0 spiro atoms. The Labute approximate surface area is 159 Å². The lowest BCUT2D eigenvalue weighted by Crippen LogP contribution is -2.26. The molecule has 0 saturated carbocycles. The molecule has 3 rings (SSSR count). The van der Waals surface area contributed by atoms with Crippen molar-refractivity contribution in [3.63, 3.8) is 0 Å². The number of rotatable bonds is 6. The molecule has 3 aromatic rings. The summed E-state index contributed by atoms with van der Waals surface area (Å²) in [5.74, 6) is 0.206. The standard InChI is InChI=1S/C19H18BrFN4O/c1-2-17-14(12-24-25(17)18-5-3-4-9-22-18)19(26)23-10-8-13-6-7-16(21)15(20)11-13/h3-7,9,11-12H,2,8,10H2,1H3,(H,23,26). The fourth-order valence-corrected chi connectivity index (χ4v) is 3.12. The van der Waals surface area contributed by atoms with Crippen molar-refractivity contribution >= 4 is 21.8 Å². The van der Waals surface area contributed by atoms with Gasteiger partial charge in [-0.1, -0.05) is 19.1 Å². The third-order valence-corrected chi connectivity index (χ3v) is 4.61. The number of nitrogens with zero attached hydrogens (tertiary/aromatic N) is 3. The summed E-state index contributed by atoms with van der Waals surface area (Å²) >= 11 is 3.17. The van der Waals surface area contributed by atoms with Crippen LogP contribution in [0.15, 0.2) is 53.3 Å². The van der Waals surface area contributed by atoms with E-state index in [1.165, 1.54) is 6.07 Å². The molecule has 2 heterocycles. The molecule has 5 nitrogen and oxygen atoms in total. The van der Waals surface area contributed by atoms with Crippen LogP contribution in [-0.2, 0) is 12.8 Å². The van der Waals surface area contributed by atoms with Crippen LogP contribution >= 0.6 is 15.9 Å². The minimum absolute atomic E-state index is 0.176. The van der Waals surface area contributed by atoms with Crippen LogP contribution in [0.3, 0.4) is 0 Å². The maximum absolute atomic E-state index is 13.3. The summed E-state index contributed by atoms with van der Waals surface area (Å²) in [5.41, 5.74) is 2.29. The largest absolute Gasteiger partial charge is 0.352 e. The van der Waals surface area contributed by atoms with E-state index in [1.807, 2.05) is 25.1 Å². The van der Waals surface area contributed by atoms with Gasteiger partial charge in [0, 0.05) is 12.7 Å². The van der Waals surface area contributed by atoms with E-state index in [0.29, 0.717) is 35.2 Å². The normalized spacial score (nSPS) is 10.7. The predicted molar refractivity (Wildman–Crippen MR) is 101 cm³/mol. The van der Waals surface area contributed by atoms with Crippen molar-refractivity contribution in [3.05, 3.63) is 75.9 Å². The van der Waals surface area contributed by atoms with Gasteiger partial charge in [0.25, 0.3) is 5.91 Å². The first-order chi connectivity index (χ1) is 12.6. The molecule has 0 radical (unpaired) electrons. The van der Waals surface area contributed by atoms with E-state index in [2.05, 4.69) is 31.3 Å². The highest BCUT2D eigenvalue weighted by molar-refractivity contribution is 9.10. The number of pyridine rings is 1. The minimum atomic E-state index is -0.299. The summed E-state index contributed by atoms with van der Waals surface area (Å²) in [6.07, 6.45) is 4.53. The van der Waals surface area contributed by atoms with Gasteiger partial charge in [0.05, 0.1) is 21.9 Å². The van der Waals surface area contributed by atoms with Gasteiger partial charge in [-0.3, -0.25) is 4.79 Å². The van der Waals surface area contributed by atoms with Gasteiger partial charge in [0.2, 0.25) is 0 Å². The van der Waals surface area contributed by atoms with Crippen molar-refractivity contribution in [2.45, 2.75) is 19.8 Å². The first kappa shape index (κ1) is 18.3. The molecule has 1 amide bonds. The zero-order valence-electron chi connectivity index (χ0n) is 14.2. The molecule has 0 fully saturated rings. The lowest BCUT2D eigenvalue weighted by molar-refractivity contribution is 0.0953. The van der Waals surface area contributed by atoms with Crippen molar-refractivity contribution in [1.29, 1.82) is 0 Å². The Morgan fingerprint density at radius 2 is 2.15 bits per heavy atom. The lowest BCUT2D eigenvalue weighted by Gasteiger charge is -2.08. The van der Waals surface area contributed by atoms with Crippen molar-refractivity contribution in [2.75, 3.05) is 6.54 Å². The molecule has 0 aliphatic carbocycles. The van der Waals surface area contributed by atoms with E-state index >= 15 is 0 Å². The third-order valence-electron chi connectivity index (χ3n) is 4.00. The Kier molecular flexibility index (Phi) is 5.78. The van der Waals surface area contributed by atoms with Gasteiger partial charge in [-0.05, 0) is 58.6 Å². The minimum Gasteiger partial charge on any atom is -0.352 e. The van der Waals surface area contributed by atoms with E-state index in [-0.39, 0.29) is 11.7 Å². The SMILES string of the molecule is CCc1c(C(=O)NCCc2ccc(F)c(Br)c2)cnn1-c1ccccn1. The Hall–Kier alpha value is -2.54. The van der Waals surface area contributed by atoms with Gasteiger partial charge in [0.1, 0.15) is 5.82 Å². The van der Waals surface area contributed by atoms with Crippen LogP contribution < -0.4 is 5.32 Å². The fraction of sp³-hybridized carbons (Fsp3) is 0.211. The van der Waals surface area contributed by atoms with Gasteiger partial charge in [-0.2, -0.15) is 5.10 Å². The molecule has 1 aromatic carbocycles. The second-order valence-corrected chi connectivity index (χ2v) is 6.57. The van der Waals surface area contributed by atoms with Crippen LogP contribution in [0, 0.1) is 5.82 Å². The smallest absolute Gasteiger partial charge is 0.254 e. The fourth-order valence-electron chi connectivity index (χ4n) is 2.69. The number of aromatic nitrogens is 3. The predicted octanol–water partition coefficient (Wildman–Crippen LogP) is 3.70. The molecule has 0 bridgehead atoms. The average Bonchev–Trinajstić information content (AvgIpc) is 3.09. The van der Waals surface area contributed by atoms with Crippen LogP contribution in [0.2, 0.25) is 0 Å². The molecular weight excluding hydrogens is 399 g/mol. The molecule has 0 saturated heterocycles. The summed E-state index contributed by atoms with van der Waals surface area (Å²) < 4.78 is 15.4. The Morgan fingerprint density at radius 1 is 1.31 bits per heavy atom. The summed E-state index contributed by atoms with van der Waals surface area (Å²) in [6.45, 7) is 2.43. The van der Waals surface area contributed by atoms with Crippen LogP contribution in [0.4, 0.5) is 4.39 Å². The van der Waals surface area contributed by atoms with E-state index in [9.17, 15) is 9.18 Å². The molecule has 134 valence electrons. The van der Waals surface area contributed by atoms with Gasteiger partial charge >= 0.3 is 0 Å². The van der Waals surface area contributed by atoms with Crippen LogP contribution in [0.1, 0.15) is 28.5 Å². The molecule has 26 heavy (non-hydrogen) atoms. The number of amides is 1. The van der Waals surface area contributed by atoms with Crippen molar-refractivity contribution < 1.29 is 9.18 Å². The molecular formula is C19H18BrFN4O. The second-order valence-electron chi connectivity index (χ2n) is 5.71. The van der Waals surface area contributed by atoms with E-state index in [1.54, 1.807) is 29.2 Å². The highest BCUT2D eigenvalue weighted by Gasteiger charge is 2.17. The van der Waals surface area contributed by atoms with E-state index < -0.39 is 0 Å². The second kappa shape index (κ2) is 8.23. The molecule has 1 N–H and O–H groups in total. The van der Waals surface area contributed by atoms with Crippen LogP contribution in [0.25, 0.3) is 5.82 Å². The molecule has 7 heteroatoms. The van der Waals surface area contributed by atoms with Gasteiger partial charge in [-0.25, -0.2) is 14.1 Å². The maximum atomic E-state index is 13.3. The number of hydrogen-bond acceptors (Lipinski definition) is 3. The molecule has 2 aromatic heterocycles. The highest BCUT2D eigenvalue weighted by Crippen LogP contribution is 2.17. The summed E-state index contributed by atoms with van der Waals surface area (Å²) in [6, 6.07) is 10.4. The number of benzene rings is 1. The van der Waals surface area contributed by atoms with Gasteiger partial charge in [-0.15, -0.1) is 0 Å². The Bertz CT molecular complexity index is 911. The number of carbonyl (C=O) groups excluding carboxylic acids is 1. The Morgan fingerprint density at radius 3 is 2.85 bits per heavy atom. The van der Waals surface area contributed by atoms with E-state index in [0.717, 1.165) is 11.3 Å². The zero-order valence-corrected chi connectivity index (χ0v) is 15.8. The van der Waals surface area contributed by atoms with Crippen LogP contribution in [-0.4, -0.2) is 27.2 Å². The Balaban J connectivity index is 1.68. The quantitative estimate of drug-likeness (QED) is 0.666. The molecule has 0 atom stereocenters. The summed E-state index contributed by atoms with van der Waals surface area (Å²) in [5, 5.41) is 7.21. The number of hydrogen-bond donors (Lipinski definition) is 1. The van der Waals surface area contributed by atoms with E-state index in [4.69, 9.17) is 0 Å². The monoisotopic (exact) mass is 416 g/mol. The van der Waals surface area contributed by atoms with Crippen LogP contribution in [0.5, 0.6) is 0 Å². The van der Waals surface area contributed by atoms with Crippen molar-refractivity contribution in [3.8, 4) is 5.82 Å². The topological polar surface area (TPSA) is 59.8 Å². The van der Waals surface area contributed by atoms with Gasteiger partial charge in [0.15, 0.2) is 5.82 Å². The summed E-state index contributed by atoms with van der Waals surface area (Å²) in [7, 11) is 0. The van der Waals surface area contributed by atoms with Gasteiger partial charge < -0.3 is 5.32 Å². The molecule has 0 aliphatic heterocycles. The average molecular weight is 417 g/mol. The lowest BCUT2D eigenvalue weighted by atomic mass is 10.1. The zero-order chi connectivity index (χ0) is 18.5. The summed E-state index contributed by atoms with van der Waals surface area (Å²) in [4.78, 5) is 16.8. The molecule has 0 unspecified atom stereocenters. The number of halogens is 2. The van der Waals surface area contributed by atoms with Crippen molar-refractivity contribution in [1.82, 2.24) is 20.1 Å². The molecule has 0 aliphatic rings. The number of nitrogens with one attached hydrogen (secondary N) is 1. The highest BCUT2D eigenvalue weighted by atomic mass is 79.9. The maximum Gasteiger partial charge on any atom is 0.254 e. The third kappa shape index (κ3) is 3.99.